The van der Waals surface area contributed by atoms with E-state index in [2.05, 4.69) is 45.8 Å². The fourth-order valence-corrected chi connectivity index (χ4v) is 1.24. The van der Waals surface area contributed by atoms with Gasteiger partial charge in [-0.2, -0.15) is 0 Å². The molecular formula is C14H30S. The maximum absolute atomic E-state index is 3.36. The summed E-state index contributed by atoms with van der Waals surface area (Å²) in [6.45, 7) is 15.6. The first kappa shape index (κ1) is 20.0. The van der Waals surface area contributed by atoms with E-state index in [1.165, 1.54) is 10.5 Å². The minimum atomic E-state index is 0. The minimum Gasteiger partial charge on any atom is -0.134 e. The molecule has 0 saturated carbocycles. The summed E-state index contributed by atoms with van der Waals surface area (Å²) in [4.78, 5) is 1.45. The van der Waals surface area contributed by atoms with Crippen molar-refractivity contribution < 1.29 is 1.43 Å². The van der Waals surface area contributed by atoms with Gasteiger partial charge in [-0.05, 0) is 38.4 Å². The minimum absolute atomic E-state index is 0. The normalized spacial score (nSPS) is 10.6. The van der Waals surface area contributed by atoms with E-state index in [0.29, 0.717) is 0 Å². The summed E-state index contributed by atoms with van der Waals surface area (Å²) < 4.78 is 0. The largest absolute Gasteiger partial charge is 0.134 e. The summed E-state index contributed by atoms with van der Waals surface area (Å²) in [6.07, 6.45) is 9.39. The molecule has 0 atom stereocenters. The first-order valence-electron chi connectivity index (χ1n) is 5.60. The molecule has 0 aromatic carbocycles. The zero-order chi connectivity index (χ0) is 12.7. The quantitative estimate of drug-likeness (QED) is 0.418. The van der Waals surface area contributed by atoms with Crippen molar-refractivity contribution in [3.63, 3.8) is 0 Å². The summed E-state index contributed by atoms with van der Waals surface area (Å²) in [7, 11) is 0. The molecule has 0 saturated heterocycles. The van der Waals surface area contributed by atoms with E-state index in [9.17, 15) is 0 Å². The van der Waals surface area contributed by atoms with Crippen molar-refractivity contribution in [1.82, 2.24) is 0 Å². The smallest absolute Gasteiger partial charge is 0 e. The number of hydrogen-bond donors (Lipinski definition) is 0. The summed E-state index contributed by atoms with van der Waals surface area (Å²) in [6, 6.07) is 0. The molecule has 0 unspecified atom stereocenters. The summed E-state index contributed by atoms with van der Waals surface area (Å²) in [5, 5.41) is 0. The Bertz CT molecular complexity index is 175. The molecule has 0 fully saturated rings. The number of rotatable bonds is 3. The molecule has 0 heterocycles. The Labute approximate surface area is 103 Å². The van der Waals surface area contributed by atoms with Gasteiger partial charge in [-0.15, -0.1) is 18.3 Å². The van der Waals surface area contributed by atoms with Gasteiger partial charge in [-0.3, -0.25) is 0 Å². The lowest BCUT2D eigenvalue weighted by Gasteiger charge is -1.98. The molecule has 0 aromatic rings. The molecular weight excluding hydrogens is 200 g/mol. The van der Waals surface area contributed by atoms with Gasteiger partial charge in [0.15, 0.2) is 0 Å². The van der Waals surface area contributed by atoms with Gasteiger partial charge in [0.2, 0.25) is 0 Å². The Kier molecular flexibility index (Phi) is 25.6. The van der Waals surface area contributed by atoms with Gasteiger partial charge in [0, 0.05) is 1.43 Å². The standard InChI is InChI=1S/C9H16S.C3H6.C2H6.H2/c1-5-8(3)7-9(6-2)10-4;1-3-2;1-2;/h5,7H,6H2,1-4H3;3H,1H2,2H3;1-2H3;1H/b8-5-,9-7-;;;. The fourth-order valence-electron chi connectivity index (χ4n) is 0.643. The lowest BCUT2D eigenvalue weighted by Crippen LogP contribution is -1.73. The summed E-state index contributed by atoms with van der Waals surface area (Å²) in [5.41, 5.74) is 1.35. The molecule has 0 aliphatic rings. The molecule has 0 N–H and O–H groups in total. The topological polar surface area (TPSA) is 0 Å². The van der Waals surface area contributed by atoms with Gasteiger partial charge in [-0.25, -0.2) is 0 Å². The SMILES string of the molecule is C/C=C(C)\C=C(\CC)SC.C=CC.CC.[HH]. The van der Waals surface area contributed by atoms with Crippen LogP contribution in [-0.2, 0) is 0 Å². The third kappa shape index (κ3) is 19.8. The average Bonchev–Trinajstić information content (AvgIpc) is 2.29. The van der Waals surface area contributed by atoms with Crippen LogP contribution in [0.2, 0.25) is 0 Å². The van der Waals surface area contributed by atoms with Crippen molar-refractivity contribution in [3.8, 4) is 0 Å². The Morgan fingerprint density at radius 3 is 1.93 bits per heavy atom. The van der Waals surface area contributed by atoms with Crippen LogP contribution in [0.3, 0.4) is 0 Å². The van der Waals surface area contributed by atoms with Gasteiger partial charge in [0.25, 0.3) is 0 Å². The van der Waals surface area contributed by atoms with E-state index in [1.807, 2.05) is 32.5 Å². The van der Waals surface area contributed by atoms with E-state index in [4.69, 9.17) is 0 Å². The molecule has 0 aliphatic carbocycles. The number of hydrogen-bond acceptors (Lipinski definition) is 1. The van der Waals surface area contributed by atoms with Gasteiger partial charge in [0.1, 0.15) is 0 Å². The van der Waals surface area contributed by atoms with Crippen molar-refractivity contribution in [2.75, 3.05) is 6.26 Å². The van der Waals surface area contributed by atoms with E-state index in [-0.39, 0.29) is 1.43 Å². The highest BCUT2D eigenvalue weighted by molar-refractivity contribution is 8.02. The lowest BCUT2D eigenvalue weighted by atomic mass is 10.2. The van der Waals surface area contributed by atoms with Crippen LogP contribution in [-0.4, -0.2) is 6.26 Å². The number of thioether (sulfide) groups is 1. The maximum Gasteiger partial charge on any atom is 0 e. The molecule has 92 valence electrons. The van der Waals surface area contributed by atoms with Crippen molar-refractivity contribution in [2.24, 2.45) is 0 Å². The average molecular weight is 230 g/mol. The van der Waals surface area contributed by atoms with Crippen molar-refractivity contribution in [1.29, 1.82) is 0 Å². The highest BCUT2D eigenvalue weighted by atomic mass is 32.2. The fraction of sp³-hybridized carbons (Fsp3) is 0.571. The molecule has 0 spiro atoms. The van der Waals surface area contributed by atoms with Gasteiger partial charge in [0.05, 0.1) is 0 Å². The van der Waals surface area contributed by atoms with Crippen LogP contribution in [0, 0.1) is 0 Å². The predicted octanol–water partition coefficient (Wildman–Crippen LogP) is 6.07. The maximum atomic E-state index is 3.36. The monoisotopic (exact) mass is 230 g/mol. The van der Waals surface area contributed by atoms with Crippen LogP contribution in [0.25, 0.3) is 0 Å². The third-order valence-electron chi connectivity index (χ3n) is 1.45. The van der Waals surface area contributed by atoms with Crippen molar-refractivity contribution >= 4 is 11.8 Å². The zero-order valence-corrected chi connectivity index (χ0v) is 12.4. The molecule has 0 radical (unpaired) electrons. The Hall–Kier alpha value is -0.430. The van der Waals surface area contributed by atoms with Crippen LogP contribution in [0.5, 0.6) is 0 Å². The Morgan fingerprint density at radius 1 is 1.33 bits per heavy atom. The first-order valence-corrected chi connectivity index (χ1v) is 6.83. The molecule has 0 rings (SSSR count). The molecule has 1 heteroatoms. The molecule has 0 amide bonds. The highest BCUT2D eigenvalue weighted by Gasteiger charge is 1.89. The Morgan fingerprint density at radius 2 is 1.73 bits per heavy atom. The van der Waals surface area contributed by atoms with Crippen LogP contribution in [0.1, 0.15) is 49.4 Å². The van der Waals surface area contributed by atoms with E-state index in [1.54, 1.807) is 6.08 Å². The summed E-state index contributed by atoms with van der Waals surface area (Å²) in [5.74, 6) is 0. The molecule has 0 aliphatic heterocycles. The number of allylic oxidation sites excluding steroid dienone is 5. The van der Waals surface area contributed by atoms with Gasteiger partial charge in [-0.1, -0.05) is 44.6 Å². The second-order valence-corrected chi connectivity index (χ2v) is 3.54. The molecule has 15 heavy (non-hydrogen) atoms. The zero-order valence-electron chi connectivity index (χ0n) is 11.6. The van der Waals surface area contributed by atoms with E-state index >= 15 is 0 Å². The van der Waals surface area contributed by atoms with Crippen molar-refractivity contribution in [3.05, 3.63) is 35.3 Å². The van der Waals surface area contributed by atoms with Crippen LogP contribution in [0.15, 0.2) is 35.3 Å². The second-order valence-electron chi connectivity index (χ2n) is 2.61. The van der Waals surface area contributed by atoms with Crippen LogP contribution < -0.4 is 0 Å². The van der Waals surface area contributed by atoms with Gasteiger partial charge < -0.3 is 0 Å². The third-order valence-corrected chi connectivity index (χ3v) is 2.39. The van der Waals surface area contributed by atoms with Gasteiger partial charge >= 0.3 is 0 Å². The molecule has 0 aromatic heterocycles. The second kappa shape index (κ2) is 19.2. The summed E-state index contributed by atoms with van der Waals surface area (Å²) >= 11 is 1.83. The lowest BCUT2D eigenvalue weighted by molar-refractivity contribution is 1.19. The van der Waals surface area contributed by atoms with Crippen LogP contribution >= 0.6 is 11.8 Å². The van der Waals surface area contributed by atoms with Crippen molar-refractivity contribution in [2.45, 2.75) is 48.0 Å². The first-order chi connectivity index (χ1) is 7.15. The van der Waals surface area contributed by atoms with E-state index < -0.39 is 0 Å². The Balaban J connectivity index is -0.000000104. The molecule has 0 nitrogen and oxygen atoms in total. The van der Waals surface area contributed by atoms with E-state index in [0.717, 1.165) is 6.42 Å². The predicted molar refractivity (Wildman–Crippen MR) is 80.7 cm³/mol. The molecule has 0 bridgehead atoms. The highest BCUT2D eigenvalue weighted by Crippen LogP contribution is 2.17. The van der Waals surface area contributed by atoms with Crippen LogP contribution in [0.4, 0.5) is 0 Å².